The van der Waals surface area contributed by atoms with Gasteiger partial charge in [-0.2, -0.15) is 0 Å². The minimum Gasteiger partial charge on any atom is -0.446 e. The van der Waals surface area contributed by atoms with E-state index in [9.17, 15) is 4.79 Å². The molecule has 0 unspecified atom stereocenters. The summed E-state index contributed by atoms with van der Waals surface area (Å²) in [6.45, 7) is 1.31. The molecule has 1 N–H and O–H groups in total. The number of ether oxygens (including phenoxy) is 1. The van der Waals surface area contributed by atoms with Crippen LogP contribution in [0, 0.1) is 23.2 Å². The van der Waals surface area contributed by atoms with Crippen molar-refractivity contribution in [3.8, 4) is 0 Å². The molecule has 4 bridgehead atoms. The van der Waals surface area contributed by atoms with Crippen molar-refractivity contribution < 1.29 is 9.53 Å². The molecule has 4 aliphatic rings. The lowest BCUT2D eigenvalue weighted by Gasteiger charge is -2.57. The SMILES string of the molecule is O=C(OCNCC12CC3CC(CC(C3)C1)C2)c1cccc(Br)c1. The molecular formula is C19H24BrNO2. The maximum absolute atomic E-state index is 12.0. The second-order valence-electron chi connectivity index (χ2n) is 7.93. The predicted octanol–water partition coefficient (Wildman–Crippen LogP) is 4.37. The molecule has 1 aromatic carbocycles. The number of carbonyl (C=O) groups is 1. The van der Waals surface area contributed by atoms with Crippen LogP contribution >= 0.6 is 15.9 Å². The molecule has 23 heavy (non-hydrogen) atoms. The molecule has 3 nitrogen and oxygen atoms in total. The van der Waals surface area contributed by atoms with E-state index in [4.69, 9.17) is 4.74 Å². The zero-order valence-electron chi connectivity index (χ0n) is 13.4. The molecule has 5 rings (SSSR count). The van der Waals surface area contributed by atoms with E-state index in [1.165, 1.54) is 38.5 Å². The number of nitrogens with one attached hydrogen (secondary N) is 1. The van der Waals surface area contributed by atoms with E-state index in [1.807, 2.05) is 12.1 Å². The average Bonchev–Trinajstić information content (AvgIpc) is 2.50. The van der Waals surface area contributed by atoms with Crippen LogP contribution in [0.4, 0.5) is 0 Å². The number of hydrogen-bond acceptors (Lipinski definition) is 3. The monoisotopic (exact) mass is 377 g/mol. The van der Waals surface area contributed by atoms with Crippen molar-refractivity contribution in [2.45, 2.75) is 38.5 Å². The van der Waals surface area contributed by atoms with Crippen molar-refractivity contribution >= 4 is 21.9 Å². The van der Waals surface area contributed by atoms with Crippen LogP contribution in [0.5, 0.6) is 0 Å². The highest BCUT2D eigenvalue weighted by atomic mass is 79.9. The van der Waals surface area contributed by atoms with Crippen LogP contribution in [0.2, 0.25) is 0 Å². The molecule has 1 aromatic rings. The standard InChI is InChI=1S/C19H24BrNO2/c20-17-3-1-2-16(7-17)18(22)23-12-21-11-19-8-13-4-14(9-19)6-15(5-13)10-19/h1-3,7,13-15,21H,4-6,8-12H2. The van der Waals surface area contributed by atoms with Crippen LogP contribution in [0.1, 0.15) is 48.9 Å². The van der Waals surface area contributed by atoms with E-state index in [0.29, 0.717) is 17.7 Å². The molecule has 0 saturated heterocycles. The first-order valence-electron chi connectivity index (χ1n) is 8.75. The van der Waals surface area contributed by atoms with E-state index in [0.717, 1.165) is 28.8 Å². The summed E-state index contributed by atoms with van der Waals surface area (Å²) in [6.07, 6.45) is 8.55. The predicted molar refractivity (Wildman–Crippen MR) is 93.0 cm³/mol. The van der Waals surface area contributed by atoms with Gasteiger partial charge < -0.3 is 4.74 Å². The molecule has 4 aliphatic carbocycles. The summed E-state index contributed by atoms with van der Waals surface area (Å²) in [7, 11) is 0. The van der Waals surface area contributed by atoms with Crippen molar-refractivity contribution in [1.29, 1.82) is 0 Å². The summed E-state index contributed by atoms with van der Waals surface area (Å²) in [6, 6.07) is 7.33. The Morgan fingerprint density at radius 2 is 1.83 bits per heavy atom. The molecule has 0 aliphatic heterocycles. The molecular weight excluding hydrogens is 354 g/mol. The Hall–Kier alpha value is -0.870. The zero-order chi connectivity index (χ0) is 15.9. The smallest absolute Gasteiger partial charge is 0.339 e. The zero-order valence-corrected chi connectivity index (χ0v) is 15.0. The normalized spacial score (nSPS) is 34.6. The highest BCUT2D eigenvalue weighted by Crippen LogP contribution is 2.59. The third-order valence-corrected chi connectivity index (χ3v) is 6.52. The Balaban J connectivity index is 1.27. The highest BCUT2D eigenvalue weighted by molar-refractivity contribution is 9.10. The van der Waals surface area contributed by atoms with Crippen LogP contribution in [-0.2, 0) is 4.74 Å². The first-order valence-corrected chi connectivity index (χ1v) is 9.55. The lowest BCUT2D eigenvalue weighted by atomic mass is 9.49. The van der Waals surface area contributed by atoms with Gasteiger partial charge in [0, 0.05) is 11.0 Å². The van der Waals surface area contributed by atoms with Crippen LogP contribution in [0.15, 0.2) is 28.7 Å². The third-order valence-electron chi connectivity index (χ3n) is 6.03. The summed E-state index contributed by atoms with van der Waals surface area (Å²) < 4.78 is 6.27. The van der Waals surface area contributed by atoms with Gasteiger partial charge in [-0.25, -0.2) is 4.79 Å². The van der Waals surface area contributed by atoms with Crippen LogP contribution < -0.4 is 5.32 Å². The van der Waals surface area contributed by atoms with Gasteiger partial charge in [-0.1, -0.05) is 22.0 Å². The Bertz CT molecular complexity index is 566. The molecule has 4 fully saturated rings. The van der Waals surface area contributed by atoms with E-state index in [-0.39, 0.29) is 5.97 Å². The molecule has 124 valence electrons. The minimum absolute atomic E-state index is 0.260. The van der Waals surface area contributed by atoms with E-state index < -0.39 is 0 Å². The fourth-order valence-electron chi connectivity index (χ4n) is 5.64. The molecule has 0 aromatic heterocycles. The largest absolute Gasteiger partial charge is 0.446 e. The van der Waals surface area contributed by atoms with Crippen LogP contribution in [0.25, 0.3) is 0 Å². The van der Waals surface area contributed by atoms with Gasteiger partial charge in [0.2, 0.25) is 0 Å². The van der Waals surface area contributed by atoms with Crippen LogP contribution in [-0.4, -0.2) is 19.2 Å². The lowest BCUT2D eigenvalue weighted by Crippen LogP contribution is -2.50. The molecule has 0 atom stereocenters. The van der Waals surface area contributed by atoms with Gasteiger partial charge in [-0.15, -0.1) is 0 Å². The summed E-state index contributed by atoms with van der Waals surface area (Å²) in [4.78, 5) is 12.0. The van der Waals surface area contributed by atoms with Gasteiger partial charge in [0.1, 0.15) is 6.73 Å². The Morgan fingerprint density at radius 1 is 1.17 bits per heavy atom. The summed E-state index contributed by atoms with van der Waals surface area (Å²) in [5.74, 6) is 2.64. The van der Waals surface area contributed by atoms with Crippen molar-refractivity contribution in [2.75, 3.05) is 13.3 Å². The van der Waals surface area contributed by atoms with E-state index in [1.54, 1.807) is 12.1 Å². The maximum atomic E-state index is 12.0. The van der Waals surface area contributed by atoms with Gasteiger partial charge in [-0.05, 0) is 79.9 Å². The van der Waals surface area contributed by atoms with Gasteiger partial charge in [0.15, 0.2) is 0 Å². The quantitative estimate of drug-likeness (QED) is 0.470. The van der Waals surface area contributed by atoms with Crippen molar-refractivity contribution in [1.82, 2.24) is 5.32 Å². The second-order valence-corrected chi connectivity index (χ2v) is 8.85. The number of rotatable bonds is 5. The van der Waals surface area contributed by atoms with Crippen molar-refractivity contribution in [3.05, 3.63) is 34.3 Å². The number of carbonyl (C=O) groups excluding carboxylic acids is 1. The van der Waals surface area contributed by atoms with Gasteiger partial charge in [-0.3, -0.25) is 5.32 Å². The number of hydrogen-bond donors (Lipinski definition) is 1. The number of esters is 1. The van der Waals surface area contributed by atoms with E-state index >= 15 is 0 Å². The van der Waals surface area contributed by atoms with Gasteiger partial charge in [0.05, 0.1) is 5.56 Å². The number of benzene rings is 1. The highest BCUT2D eigenvalue weighted by Gasteiger charge is 2.50. The van der Waals surface area contributed by atoms with E-state index in [2.05, 4.69) is 21.2 Å². The second kappa shape index (κ2) is 6.21. The fraction of sp³-hybridized carbons (Fsp3) is 0.632. The summed E-state index contributed by atoms with van der Waals surface area (Å²) in [5.41, 5.74) is 1.08. The van der Waals surface area contributed by atoms with Crippen molar-refractivity contribution in [2.24, 2.45) is 23.2 Å². The Morgan fingerprint density at radius 3 is 2.43 bits per heavy atom. The topological polar surface area (TPSA) is 38.3 Å². The number of halogens is 1. The molecule has 0 spiro atoms. The Labute approximate surface area is 146 Å². The third kappa shape index (κ3) is 3.34. The molecule has 0 radical (unpaired) electrons. The first-order chi connectivity index (χ1) is 11.1. The minimum atomic E-state index is -0.260. The lowest BCUT2D eigenvalue weighted by molar-refractivity contribution is -0.0541. The van der Waals surface area contributed by atoms with Crippen LogP contribution in [0.3, 0.4) is 0 Å². The Kier molecular flexibility index (Phi) is 4.22. The van der Waals surface area contributed by atoms with Gasteiger partial charge >= 0.3 is 5.97 Å². The maximum Gasteiger partial charge on any atom is 0.339 e. The molecule has 0 heterocycles. The van der Waals surface area contributed by atoms with Gasteiger partial charge in [0.25, 0.3) is 0 Å². The fourth-order valence-corrected chi connectivity index (χ4v) is 6.04. The molecule has 4 heteroatoms. The first kappa shape index (κ1) is 15.6. The van der Waals surface area contributed by atoms with Crippen molar-refractivity contribution in [3.63, 3.8) is 0 Å². The summed E-state index contributed by atoms with van der Waals surface area (Å²) in [5, 5.41) is 3.40. The molecule has 4 saturated carbocycles. The average molecular weight is 378 g/mol. The summed E-state index contributed by atoms with van der Waals surface area (Å²) >= 11 is 3.38. The molecule has 0 amide bonds.